The lowest BCUT2D eigenvalue weighted by Gasteiger charge is -2.26. The molecule has 0 aliphatic rings. The number of carbonyl (C=O) groups is 3. The van der Waals surface area contributed by atoms with Crippen molar-refractivity contribution in [3.63, 3.8) is 0 Å². The number of carboxylic acid groups (broad SMARTS) is 1. The summed E-state index contributed by atoms with van der Waals surface area (Å²) in [5, 5.41) is 14.3. The van der Waals surface area contributed by atoms with Crippen LogP contribution in [0.15, 0.2) is 0 Å². The number of carboxylic acids is 1. The minimum absolute atomic E-state index is 0.187. The van der Waals surface area contributed by atoms with Crippen LogP contribution in [-0.2, 0) is 14.4 Å². The number of carbonyl (C=O) groups excluding carboxylic acids is 2. The fourth-order valence-corrected chi connectivity index (χ4v) is 2.42. The van der Waals surface area contributed by atoms with E-state index in [1.165, 1.54) is 0 Å². The Morgan fingerprint density at radius 3 is 1.87 bits per heavy atom. The Hall–Kier alpha value is -1.28. The van der Waals surface area contributed by atoms with Gasteiger partial charge in [0.05, 0.1) is 6.04 Å². The molecule has 0 fully saturated rings. The van der Waals surface area contributed by atoms with Gasteiger partial charge in [-0.05, 0) is 30.3 Å². The van der Waals surface area contributed by atoms with E-state index in [1.54, 1.807) is 39.5 Å². The molecule has 0 aromatic heterocycles. The molecule has 0 heterocycles. The van der Waals surface area contributed by atoms with Crippen LogP contribution in [0.2, 0.25) is 0 Å². The third-order valence-corrected chi connectivity index (χ3v) is 4.09. The second-order valence-corrected chi connectivity index (χ2v) is 7.17. The van der Waals surface area contributed by atoms with Gasteiger partial charge in [0.25, 0.3) is 0 Å². The van der Waals surface area contributed by atoms with Gasteiger partial charge in [0, 0.05) is 0 Å². The summed E-state index contributed by atoms with van der Waals surface area (Å²) < 4.78 is 0. The summed E-state index contributed by atoms with van der Waals surface area (Å²) in [6.07, 6.45) is 2.44. The summed E-state index contributed by atoms with van der Waals surface area (Å²) in [4.78, 5) is 35.6. The van der Waals surface area contributed by atoms with Crippen LogP contribution < -0.4 is 16.4 Å². The van der Waals surface area contributed by atoms with Gasteiger partial charge in [0.1, 0.15) is 12.1 Å². The monoisotopic (exact) mass is 347 g/mol. The smallest absolute Gasteiger partial charge is 0.326 e. The fourth-order valence-electron chi connectivity index (χ4n) is 1.93. The van der Waals surface area contributed by atoms with Crippen molar-refractivity contribution in [2.24, 2.45) is 17.6 Å². The molecule has 23 heavy (non-hydrogen) atoms. The summed E-state index contributed by atoms with van der Waals surface area (Å²) in [6.45, 7) is 6.98. The van der Waals surface area contributed by atoms with Gasteiger partial charge in [-0.1, -0.05) is 27.7 Å². The molecule has 3 atom stereocenters. The van der Waals surface area contributed by atoms with Gasteiger partial charge < -0.3 is 21.5 Å². The predicted molar refractivity (Wildman–Crippen MR) is 92.1 cm³/mol. The van der Waals surface area contributed by atoms with Crippen LogP contribution in [0, 0.1) is 11.8 Å². The molecule has 0 spiro atoms. The maximum absolute atomic E-state index is 12.3. The number of hydrogen-bond donors (Lipinski definition) is 4. The Bertz CT molecular complexity index is 416. The standard InChI is InChI=1S/C15H29N3O4S/c1-8(2)11(17-13(19)10(16)6-7-23-5)14(20)18-12(9(3)4)15(21)22/h8-12H,6-7,16H2,1-5H3,(H,17,19)(H,18,20)(H,21,22). The molecule has 8 heteroatoms. The van der Waals surface area contributed by atoms with E-state index in [2.05, 4.69) is 10.6 Å². The van der Waals surface area contributed by atoms with E-state index in [0.717, 1.165) is 5.75 Å². The zero-order valence-electron chi connectivity index (χ0n) is 14.5. The lowest BCUT2D eigenvalue weighted by atomic mass is 10.00. The first kappa shape index (κ1) is 21.7. The maximum Gasteiger partial charge on any atom is 0.326 e. The Morgan fingerprint density at radius 1 is 1.00 bits per heavy atom. The van der Waals surface area contributed by atoms with Gasteiger partial charge in [0.2, 0.25) is 11.8 Å². The molecule has 0 saturated carbocycles. The van der Waals surface area contributed by atoms with Crippen molar-refractivity contribution in [1.82, 2.24) is 10.6 Å². The molecular formula is C15H29N3O4S. The number of hydrogen-bond acceptors (Lipinski definition) is 5. The number of nitrogens with two attached hydrogens (primary N) is 1. The number of rotatable bonds is 10. The van der Waals surface area contributed by atoms with Crippen molar-refractivity contribution in [2.45, 2.75) is 52.2 Å². The number of amides is 2. The third kappa shape index (κ3) is 7.69. The van der Waals surface area contributed by atoms with E-state index in [0.29, 0.717) is 6.42 Å². The lowest BCUT2D eigenvalue weighted by molar-refractivity contribution is -0.143. The van der Waals surface area contributed by atoms with Gasteiger partial charge in [-0.3, -0.25) is 9.59 Å². The number of thioether (sulfide) groups is 1. The molecule has 0 aliphatic heterocycles. The highest BCUT2D eigenvalue weighted by Gasteiger charge is 2.30. The predicted octanol–water partition coefficient (Wildman–Crippen LogP) is 0.433. The average molecular weight is 347 g/mol. The van der Waals surface area contributed by atoms with Crippen LogP contribution in [0.4, 0.5) is 0 Å². The summed E-state index contributed by atoms with van der Waals surface area (Å²) in [5.41, 5.74) is 5.80. The second kappa shape index (κ2) is 10.5. The van der Waals surface area contributed by atoms with Crippen molar-refractivity contribution in [1.29, 1.82) is 0 Å². The molecule has 0 rings (SSSR count). The Balaban J connectivity index is 4.87. The zero-order valence-corrected chi connectivity index (χ0v) is 15.3. The van der Waals surface area contributed by atoms with E-state index in [1.807, 2.05) is 6.26 Å². The molecule has 134 valence electrons. The minimum atomic E-state index is -1.10. The molecule has 5 N–H and O–H groups in total. The molecule has 7 nitrogen and oxygen atoms in total. The van der Waals surface area contributed by atoms with Crippen LogP contribution in [0.1, 0.15) is 34.1 Å². The van der Waals surface area contributed by atoms with E-state index in [4.69, 9.17) is 10.8 Å². The van der Waals surface area contributed by atoms with E-state index >= 15 is 0 Å². The van der Waals surface area contributed by atoms with Crippen LogP contribution >= 0.6 is 11.8 Å². The summed E-state index contributed by atoms with van der Waals surface area (Å²) in [6, 6.07) is -2.49. The summed E-state index contributed by atoms with van der Waals surface area (Å²) in [5.74, 6) is -1.70. The molecule has 0 bridgehead atoms. The van der Waals surface area contributed by atoms with Gasteiger partial charge >= 0.3 is 5.97 Å². The minimum Gasteiger partial charge on any atom is -0.480 e. The van der Waals surface area contributed by atoms with E-state index in [9.17, 15) is 14.4 Å². The molecular weight excluding hydrogens is 318 g/mol. The van der Waals surface area contributed by atoms with Gasteiger partial charge in [-0.25, -0.2) is 4.79 Å². The lowest BCUT2D eigenvalue weighted by Crippen LogP contribution is -2.57. The van der Waals surface area contributed by atoms with Crippen LogP contribution in [-0.4, -0.2) is 53.0 Å². The Labute approximate surface area is 142 Å². The van der Waals surface area contributed by atoms with Crippen LogP contribution in [0.3, 0.4) is 0 Å². The SMILES string of the molecule is CSCCC(N)C(=O)NC(C(=O)NC(C(=O)O)C(C)C)C(C)C. The van der Waals surface area contributed by atoms with Crippen molar-refractivity contribution in [3.8, 4) is 0 Å². The first-order valence-electron chi connectivity index (χ1n) is 7.69. The average Bonchev–Trinajstić information content (AvgIpc) is 2.45. The molecule has 0 saturated heterocycles. The van der Waals surface area contributed by atoms with Crippen molar-refractivity contribution in [3.05, 3.63) is 0 Å². The van der Waals surface area contributed by atoms with Gasteiger partial charge in [0.15, 0.2) is 0 Å². The molecule has 0 aliphatic carbocycles. The molecule has 3 unspecified atom stereocenters. The zero-order chi connectivity index (χ0) is 18.2. The topological polar surface area (TPSA) is 122 Å². The van der Waals surface area contributed by atoms with E-state index < -0.39 is 35.9 Å². The summed E-state index contributed by atoms with van der Waals surface area (Å²) >= 11 is 1.59. The molecule has 0 aromatic carbocycles. The number of aliphatic carboxylic acids is 1. The normalized spacial score (nSPS) is 15.1. The second-order valence-electron chi connectivity index (χ2n) is 6.19. The van der Waals surface area contributed by atoms with Gasteiger partial charge in [-0.2, -0.15) is 11.8 Å². The maximum atomic E-state index is 12.3. The largest absolute Gasteiger partial charge is 0.480 e. The van der Waals surface area contributed by atoms with Crippen LogP contribution in [0.5, 0.6) is 0 Å². The third-order valence-electron chi connectivity index (χ3n) is 3.45. The highest BCUT2D eigenvalue weighted by molar-refractivity contribution is 7.98. The molecule has 2 amide bonds. The number of nitrogens with one attached hydrogen (secondary N) is 2. The quantitative estimate of drug-likeness (QED) is 0.455. The van der Waals surface area contributed by atoms with Crippen molar-refractivity contribution >= 4 is 29.5 Å². The first-order valence-corrected chi connectivity index (χ1v) is 9.09. The fraction of sp³-hybridized carbons (Fsp3) is 0.800. The first-order chi connectivity index (χ1) is 10.6. The highest BCUT2D eigenvalue weighted by Crippen LogP contribution is 2.07. The highest BCUT2D eigenvalue weighted by atomic mass is 32.2. The Morgan fingerprint density at radius 2 is 1.48 bits per heavy atom. The molecule has 0 radical (unpaired) electrons. The van der Waals surface area contributed by atoms with Gasteiger partial charge in [-0.15, -0.1) is 0 Å². The van der Waals surface area contributed by atoms with Crippen molar-refractivity contribution in [2.75, 3.05) is 12.0 Å². The van der Waals surface area contributed by atoms with Crippen LogP contribution in [0.25, 0.3) is 0 Å². The van der Waals surface area contributed by atoms with Crippen molar-refractivity contribution < 1.29 is 19.5 Å². The Kier molecular flexibility index (Phi) is 9.90. The summed E-state index contributed by atoms with van der Waals surface area (Å²) in [7, 11) is 0. The van der Waals surface area contributed by atoms with E-state index in [-0.39, 0.29) is 11.8 Å². The molecule has 0 aromatic rings.